The van der Waals surface area contributed by atoms with Gasteiger partial charge in [0.1, 0.15) is 0 Å². The van der Waals surface area contributed by atoms with Gasteiger partial charge in [-0.15, -0.1) is 0 Å². The van der Waals surface area contributed by atoms with Gasteiger partial charge in [0.15, 0.2) is 0 Å². The van der Waals surface area contributed by atoms with Gasteiger partial charge in [-0.25, -0.2) is 4.79 Å². The van der Waals surface area contributed by atoms with Gasteiger partial charge in [-0.3, -0.25) is 10.1 Å². The molecule has 1 aliphatic heterocycles. The number of morpholine rings is 1. The third-order valence-corrected chi connectivity index (χ3v) is 4.94. The summed E-state index contributed by atoms with van der Waals surface area (Å²) in [6.45, 7) is 2.85. The standard InChI is InChI=1S/C18H24N2O5/c21-18(25-13-14-4-2-1-3-5-14)16-12-15(20(22)23)6-7-17(16)19-8-10-24-11-9-19/h6-7,12,14H,1-5,8-11,13H2. The van der Waals surface area contributed by atoms with Crippen LogP contribution in [0.2, 0.25) is 0 Å². The molecule has 0 unspecified atom stereocenters. The van der Waals surface area contributed by atoms with Crippen LogP contribution in [-0.4, -0.2) is 43.8 Å². The zero-order chi connectivity index (χ0) is 17.6. The zero-order valence-electron chi connectivity index (χ0n) is 14.3. The van der Waals surface area contributed by atoms with Crippen molar-refractivity contribution in [2.45, 2.75) is 32.1 Å². The Kier molecular flexibility index (Phi) is 5.86. The molecule has 0 aromatic heterocycles. The molecule has 2 aliphatic rings. The molecule has 3 rings (SSSR count). The quantitative estimate of drug-likeness (QED) is 0.462. The highest BCUT2D eigenvalue weighted by molar-refractivity contribution is 5.96. The Morgan fingerprint density at radius 2 is 1.96 bits per heavy atom. The maximum atomic E-state index is 12.6. The Hall–Kier alpha value is -2.15. The first-order valence-corrected chi connectivity index (χ1v) is 8.93. The summed E-state index contributed by atoms with van der Waals surface area (Å²) in [7, 11) is 0. The van der Waals surface area contributed by atoms with Crippen LogP contribution in [0.25, 0.3) is 0 Å². The highest BCUT2D eigenvalue weighted by atomic mass is 16.6. The summed E-state index contributed by atoms with van der Waals surface area (Å²) in [6, 6.07) is 4.40. The number of nitro groups is 1. The maximum absolute atomic E-state index is 12.6. The first-order chi connectivity index (χ1) is 12.1. The van der Waals surface area contributed by atoms with Crippen molar-refractivity contribution < 1.29 is 19.2 Å². The van der Waals surface area contributed by atoms with Crippen molar-refractivity contribution >= 4 is 17.3 Å². The average molecular weight is 348 g/mol. The van der Waals surface area contributed by atoms with Gasteiger partial charge in [0.2, 0.25) is 0 Å². The van der Waals surface area contributed by atoms with Crippen LogP contribution in [0.1, 0.15) is 42.5 Å². The molecule has 7 heteroatoms. The number of anilines is 1. The van der Waals surface area contributed by atoms with Gasteiger partial charge >= 0.3 is 5.97 Å². The van der Waals surface area contributed by atoms with Crippen LogP contribution in [0.5, 0.6) is 0 Å². The Bertz CT molecular complexity index is 622. The number of carbonyl (C=O) groups is 1. The summed E-state index contributed by atoms with van der Waals surface area (Å²) in [5, 5.41) is 11.1. The van der Waals surface area contributed by atoms with E-state index in [9.17, 15) is 14.9 Å². The van der Waals surface area contributed by atoms with E-state index in [2.05, 4.69) is 0 Å². The second kappa shape index (κ2) is 8.29. The summed E-state index contributed by atoms with van der Waals surface area (Å²) in [5.41, 5.74) is 0.857. The topological polar surface area (TPSA) is 81.9 Å². The first kappa shape index (κ1) is 17.7. The first-order valence-electron chi connectivity index (χ1n) is 8.93. The molecule has 1 heterocycles. The fraction of sp³-hybridized carbons (Fsp3) is 0.611. The molecule has 0 spiro atoms. The number of carbonyl (C=O) groups excluding carboxylic acids is 1. The van der Waals surface area contributed by atoms with E-state index in [1.165, 1.54) is 31.4 Å². The van der Waals surface area contributed by atoms with E-state index in [1.54, 1.807) is 6.07 Å². The molecule has 1 aromatic carbocycles. The molecular formula is C18H24N2O5. The van der Waals surface area contributed by atoms with Crippen LogP contribution in [0.4, 0.5) is 11.4 Å². The lowest BCUT2D eigenvalue weighted by Gasteiger charge is -2.30. The number of nitro benzene ring substituents is 1. The van der Waals surface area contributed by atoms with E-state index in [-0.39, 0.29) is 11.3 Å². The number of benzene rings is 1. The summed E-state index contributed by atoms with van der Waals surface area (Å²) in [6.07, 6.45) is 5.77. The molecule has 0 bridgehead atoms. The molecule has 0 amide bonds. The van der Waals surface area contributed by atoms with Crippen molar-refractivity contribution in [2.75, 3.05) is 37.8 Å². The number of non-ortho nitro benzene ring substituents is 1. The third-order valence-electron chi connectivity index (χ3n) is 4.94. The molecule has 136 valence electrons. The fourth-order valence-corrected chi connectivity index (χ4v) is 3.51. The number of nitrogens with zero attached hydrogens (tertiary/aromatic N) is 2. The molecule has 25 heavy (non-hydrogen) atoms. The Morgan fingerprint density at radius 1 is 1.24 bits per heavy atom. The van der Waals surface area contributed by atoms with Gasteiger partial charge in [0.25, 0.3) is 5.69 Å². The monoisotopic (exact) mass is 348 g/mol. The highest BCUT2D eigenvalue weighted by Crippen LogP contribution is 2.28. The fourth-order valence-electron chi connectivity index (χ4n) is 3.51. The van der Waals surface area contributed by atoms with Crippen molar-refractivity contribution in [3.63, 3.8) is 0 Å². The Balaban J connectivity index is 1.76. The van der Waals surface area contributed by atoms with Gasteiger partial charge in [-0.2, -0.15) is 0 Å². The van der Waals surface area contributed by atoms with Crippen LogP contribution in [-0.2, 0) is 9.47 Å². The Labute approximate surface area is 147 Å². The number of hydrogen-bond donors (Lipinski definition) is 0. The van der Waals surface area contributed by atoms with E-state index in [4.69, 9.17) is 9.47 Å². The lowest BCUT2D eigenvalue weighted by atomic mass is 9.90. The van der Waals surface area contributed by atoms with Crippen LogP contribution in [0.15, 0.2) is 18.2 Å². The molecule has 1 saturated heterocycles. The van der Waals surface area contributed by atoms with Crippen LogP contribution < -0.4 is 4.90 Å². The van der Waals surface area contributed by atoms with Crippen molar-refractivity contribution in [3.05, 3.63) is 33.9 Å². The second-order valence-electron chi connectivity index (χ2n) is 6.66. The van der Waals surface area contributed by atoms with Gasteiger partial charge < -0.3 is 14.4 Å². The summed E-state index contributed by atoms with van der Waals surface area (Å²) < 4.78 is 10.9. The normalized spacial score (nSPS) is 18.8. The molecule has 0 atom stereocenters. The molecular weight excluding hydrogens is 324 g/mol. The summed E-state index contributed by atoms with van der Waals surface area (Å²) in [4.78, 5) is 25.2. The van der Waals surface area contributed by atoms with Gasteiger partial charge in [0, 0.05) is 25.2 Å². The van der Waals surface area contributed by atoms with E-state index in [0.29, 0.717) is 44.5 Å². The average Bonchev–Trinajstić information content (AvgIpc) is 2.67. The van der Waals surface area contributed by atoms with Crippen molar-refractivity contribution in [1.29, 1.82) is 0 Å². The second-order valence-corrected chi connectivity index (χ2v) is 6.66. The van der Waals surface area contributed by atoms with Crippen molar-refractivity contribution in [1.82, 2.24) is 0 Å². The van der Waals surface area contributed by atoms with Crippen LogP contribution >= 0.6 is 0 Å². The smallest absolute Gasteiger partial charge is 0.340 e. The number of hydrogen-bond acceptors (Lipinski definition) is 6. The molecule has 1 aromatic rings. The van der Waals surface area contributed by atoms with E-state index < -0.39 is 10.9 Å². The number of esters is 1. The molecule has 2 fully saturated rings. The van der Waals surface area contributed by atoms with E-state index in [1.807, 2.05) is 4.90 Å². The molecule has 7 nitrogen and oxygen atoms in total. The van der Waals surface area contributed by atoms with Gasteiger partial charge in [-0.1, -0.05) is 19.3 Å². The summed E-state index contributed by atoms with van der Waals surface area (Å²) >= 11 is 0. The van der Waals surface area contributed by atoms with Gasteiger partial charge in [-0.05, 0) is 24.8 Å². The number of rotatable bonds is 5. The molecule has 0 N–H and O–H groups in total. The van der Waals surface area contributed by atoms with Crippen LogP contribution in [0, 0.1) is 16.0 Å². The third kappa shape index (κ3) is 4.48. The molecule has 1 saturated carbocycles. The predicted molar refractivity (Wildman–Crippen MR) is 93.0 cm³/mol. The lowest BCUT2D eigenvalue weighted by molar-refractivity contribution is -0.384. The SMILES string of the molecule is O=C(OCC1CCCCC1)c1cc([N+](=O)[O-])ccc1N1CCOCC1. The van der Waals surface area contributed by atoms with Gasteiger partial charge in [0.05, 0.1) is 36.0 Å². The highest BCUT2D eigenvalue weighted by Gasteiger charge is 2.24. The molecule has 0 radical (unpaired) electrons. The van der Waals surface area contributed by atoms with E-state index in [0.717, 1.165) is 12.8 Å². The minimum absolute atomic E-state index is 0.0957. The minimum Gasteiger partial charge on any atom is -0.462 e. The zero-order valence-corrected chi connectivity index (χ0v) is 14.3. The van der Waals surface area contributed by atoms with Crippen molar-refractivity contribution in [3.8, 4) is 0 Å². The van der Waals surface area contributed by atoms with E-state index >= 15 is 0 Å². The maximum Gasteiger partial charge on any atom is 0.340 e. The van der Waals surface area contributed by atoms with Crippen molar-refractivity contribution in [2.24, 2.45) is 5.92 Å². The van der Waals surface area contributed by atoms with Crippen LogP contribution in [0.3, 0.4) is 0 Å². The number of ether oxygens (including phenoxy) is 2. The Morgan fingerprint density at radius 3 is 2.64 bits per heavy atom. The summed E-state index contributed by atoms with van der Waals surface area (Å²) in [5.74, 6) is -0.0704. The largest absolute Gasteiger partial charge is 0.462 e. The predicted octanol–water partition coefficient (Wildman–Crippen LogP) is 3.17. The minimum atomic E-state index is -0.485. The lowest BCUT2D eigenvalue weighted by Crippen LogP contribution is -2.37. The molecule has 1 aliphatic carbocycles.